The van der Waals surface area contributed by atoms with Crippen molar-refractivity contribution in [2.24, 2.45) is 5.73 Å². The maximum absolute atomic E-state index is 11.5. The number of carboxylic acids is 1. The predicted molar refractivity (Wildman–Crippen MR) is 66.4 cm³/mol. The van der Waals surface area contributed by atoms with Gasteiger partial charge >= 0.3 is 5.97 Å². The van der Waals surface area contributed by atoms with E-state index in [9.17, 15) is 14.7 Å². The van der Waals surface area contributed by atoms with Gasteiger partial charge in [0, 0.05) is 13.0 Å². The molecule has 1 unspecified atom stereocenters. The number of nitrogens with two attached hydrogens (primary N) is 1. The fourth-order valence-electron chi connectivity index (χ4n) is 1.36. The molecule has 1 aromatic carbocycles. The van der Waals surface area contributed by atoms with E-state index in [1.54, 1.807) is 12.1 Å². The molecule has 6 N–H and O–H groups in total. The van der Waals surface area contributed by atoms with Crippen LogP contribution in [0.1, 0.15) is 5.56 Å². The number of phenols is 1. The van der Waals surface area contributed by atoms with Gasteiger partial charge in [-0.3, -0.25) is 9.59 Å². The Morgan fingerprint density at radius 1 is 1.26 bits per heavy atom. The highest BCUT2D eigenvalue weighted by Crippen LogP contribution is 2.11. The first-order chi connectivity index (χ1) is 8.90. The van der Waals surface area contributed by atoms with Gasteiger partial charge in [0.1, 0.15) is 17.9 Å². The van der Waals surface area contributed by atoms with E-state index in [-0.39, 0.29) is 18.7 Å². The second-order valence-electron chi connectivity index (χ2n) is 4.08. The molecule has 2 atom stereocenters. The Morgan fingerprint density at radius 2 is 1.84 bits per heavy atom. The van der Waals surface area contributed by atoms with Crippen molar-refractivity contribution in [3.63, 3.8) is 0 Å². The average Bonchev–Trinajstić information content (AvgIpc) is 2.37. The second-order valence-corrected chi connectivity index (χ2v) is 4.08. The third-order valence-corrected chi connectivity index (χ3v) is 2.48. The van der Waals surface area contributed by atoms with Gasteiger partial charge in [0.05, 0.1) is 0 Å². The molecule has 0 aromatic heterocycles. The van der Waals surface area contributed by atoms with Crippen LogP contribution in [0.5, 0.6) is 5.75 Å². The Morgan fingerprint density at radius 3 is 2.37 bits per heavy atom. The van der Waals surface area contributed by atoms with Crippen molar-refractivity contribution >= 4 is 11.9 Å². The normalized spacial score (nSPS) is 13.6. The van der Waals surface area contributed by atoms with Crippen molar-refractivity contribution in [3.05, 3.63) is 29.8 Å². The first-order valence-corrected chi connectivity index (χ1v) is 5.62. The summed E-state index contributed by atoms with van der Waals surface area (Å²) in [7, 11) is 0. The Hall–Kier alpha value is -2.12. The van der Waals surface area contributed by atoms with Crippen LogP contribution in [0, 0.1) is 0 Å². The second kappa shape index (κ2) is 6.72. The van der Waals surface area contributed by atoms with E-state index in [2.05, 4.69) is 5.32 Å². The molecule has 7 heteroatoms. The SMILES string of the molecule is NC(CNC(=O)[C@@H](O)Cc1ccc(O)cc1)C(=O)O. The molecule has 0 spiro atoms. The lowest BCUT2D eigenvalue weighted by molar-refractivity contribution is -0.138. The van der Waals surface area contributed by atoms with E-state index in [0.717, 1.165) is 0 Å². The van der Waals surface area contributed by atoms with Gasteiger partial charge in [0.25, 0.3) is 0 Å². The van der Waals surface area contributed by atoms with E-state index < -0.39 is 24.0 Å². The van der Waals surface area contributed by atoms with Crippen molar-refractivity contribution in [1.29, 1.82) is 0 Å². The molecule has 7 nitrogen and oxygen atoms in total. The average molecular weight is 268 g/mol. The summed E-state index contributed by atoms with van der Waals surface area (Å²) in [4.78, 5) is 21.9. The fourth-order valence-corrected chi connectivity index (χ4v) is 1.36. The molecule has 1 aromatic rings. The number of aliphatic carboxylic acids is 1. The van der Waals surface area contributed by atoms with Gasteiger partial charge in [-0.15, -0.1) is 0 Å². The largest absolute Gasteiger partial charge is 0.508 e. The van der Waals surface area contributed by atoms with E-state index >= 15 is 0 Å². The van der Waals surface area contributed by atoms with Crippen molar-refractivity contribution in [2.75, 3.05) is 6.54 Å². The lowest BCUT2D eigenvalue weighted by Crippen LogP contribution is -2.45. The summed E-state index contributed by atoms with van der Waals surface area (Å²) in [5.41, 5.74) is 5.88. The molecule has 0 bridgehead atoms. The molecule has 0 aliphatic heterocycles. The predicted octanol–water partition coefficient (Wildman–Crippen LogP) is -1.18. The first kappa shape index (κ1) is 14.9. The number of benzene rings is 1. The highest BCUT2D eigenvalue weighted by atomic mass is 16.4. The van der Waals surface area contributed by atoms with Gasteiger partial charge in [-0.25, -0.2) is 0 Å². The minimum atomic E-state index is -1.30. The van der Waals surface area contributed by atoms with Gasteiger partial charge in [-0.05, 0) is 17.7 Å². The highest BCUT2D eigenvalue weighted by molar-refractivity contribution is 5.82. The van der Waals surface area contributed by atoms with E-state index in [0.29, 0.717) is 5.56 Å². The molecular weight excluding hydrogens is 252 g/mol. The smallest absolute Gasteiger partial charge is 0.322 e. The van der Waals surface area contributed by atoms with Crippen molar-refractivity contribution in [3.8, 4) is 5.75 Å². The van der Waals surface area contributed by atoms with E-state index in [1.807, 2.05) is 0 Å². The van der Waals surface area contributed by atoms with Gasteiger partial charge < -0.3 is 26.4 Å². The van der Waals surface area contributed by atoms with Gasteiger partial charge in [0.15, 0.2) is 0 Å². The molecule has 0 saturated heterocycles. The van der Waals surface area contributed by atoms with Gasteiger partial charge in [0.2, 0.25) is 5.91 Å². The molecule has 0 aliphatic carbocycles. The summed E-state index contributed by atoms with van der Waals surface area (Å²) < 4.78 is 0. The number of phenolic OH excluding ortho intramolecular Hbond substituents is 1. The molecule has 0 aliphatic rings. The zero-order valence-electron chi connectivity index (χ0n) is 10.1. The van der Waals surface area contributed by atoms with Crippen LogP contribution in [-0.2, 0) is 16.0 Å². The molecule has 104 valence electrons. The van der Waals surface area contributed by atoms with Crippen LogP contribution in [0.15, 0.2) is 24.3 Å². The summed E-state index contributed by atoms with van der Waals surface area (Å²) >= 11 is 0. The topological polar surface area (TPSA) is 133 Å². The van der Waals surface area contributed by atoms with Gasteiger partial charge in [-0.1, -0.05) is 12.1 Å². The summed E-state index contributed by atoms with van der Waals surface area (Å²) in [6, 6.07) is 4.84. The molecule has 1 rings (SSSR count). The number of carbonyl (C=O) groups excluding carboxylic acids is 1. The quantitative estimate of drug-likeness (QED) is 0.441. The summed E-state index contributed by atoms with van der Waals surface area (Å²) in [6.45, 7) is -0.249. The molecule has 1 amide bonds. The molecule has 19 heavy (non-hydrogen) atoms. The minimum absolute atomic E-state index is 0.0639. The highest BCUT2D eigenvalue weighted by Gasteiger charge is 2.18. The maximum atomic E-state index is 11.5. The number of aromatic hydroxyl groups is 1. The number of rotatable bonds is 6. The third-order valence-electron chi connectivity index (χ3n) is 2.48. The molecule has 0 heterocycles. The Kier molecular flexibility index (Phi) is 5.28. The van der Waals surface area contributed by atoms with Crippen LogP contribution >= 0.6 is 0 Å². The lowest BCUT2D eigenvalue weighted by atomic mass is 10.1. The number of aliphatic hydroxyl groups excluding tert-OH is 1. The number of hydrogen-bond acceptors (Lipinski definition) is 5. The monoisotopic (exact) mass is 268 g/mol. The Balaban J connectivity index is 2.44. The van der Waals surface area contributed by atoms with Crippen LogP contribution in [-0.4, -0.2) is 45.9 Å². The number of carbonyl (C=O) groups is 2. The standard InChI is InChI=1S/C12H16N2O5/c13-9(12(18)19)6-14-11(17)10(16)5-7-1-3-8(15)4-2-7/h1-4,9-10,15-16H,5-6,13H2,(H,14,17)(H,18,19)/t9?,10-/m0/s1. The maximum Gasteiger partial charge on any atom is 0.322 e. The Labute approximate surface area is 109 Å². The Bertz CT molecular complexity index is 446. The van der Waals surface area contributed by atoms with Gasteiger partial charge in [-0.2, -0.15) is 0 Å². The number of aliphatic hydroxyl groups is 1. The number of amides is 1. The van der Waals surface area contributed by atoms with E-state index in [4.69, 9.17) is 15.9 Å². The number of hydrogen-bond donors (Lipinski definition) is 5. The van der Waals surface area contributed by atoms with Crippen LogP contribution in [0.3, 0.4) is 0 Å². The van der Waals surface area contributed by atoms with Crippen LogP contribution in [0.4, 0.5) is 0 Å². The first-order valence-electron chi connectivity index (χ1n) is 5.62. The van der Waals surface area contributed by atoms with Crippen LogP contribution in [0.2, 0.25) is 0 Å². The zero-order valence-corrected chi connectivity index (χ0v) is 10.1. The van der Waals surface area contributed by atoms with Crippen molar-refractivity contribution in [1.82, 2.24) is 5.32 Å². The van der Waals surface area contributed by atoms with Crippen LogP contribution < -0.4 is 11.1 Å². The van der Waals surface area contributed by atoms with Crippen molar-refractivity contribution in [2.45, 2.75) is 18.6 Å². The summed E-state index contributed by atoms with van der Waals surface area (Å²) in [5.74, 6) is -1.83. The van der Waals surface area contributed by atoms with Crippen molar-refractivity contribution < 1.29 is 24.9 Å². The lowest BCUT2D eigenvalue weighted by Gasteiger charge is -2.13. The third kappa shape index (κ3) is 4.94. The minimum Gasteiger partial charge on any atom is -0.508 e. The van der Waals surface area contributed by atoms with E-state index in [1.165, 1.54) is 12.1 Å². The molecule has 0 saturated carbocycles. The number of carboxylic acid groups (broad SMARTS) is 1. The van der Waals surface area contributed by atoms with Crippen LogP contribution in [0.25, 0.3) is 0 Å². The zero-order chi connectivity index (χ0) is 14.4. The summed E-state index contributed by atoms with van der Waals surface area (Å²) in [5, 5.41) is 29.5. The fraction of sp³-hybridized carbons (Fsp3) is 0.333. The summed E-state index contributed by atoms with van der Waals surface area (Å²) in [6.07, 6.45) is -1.24. The molecule has 0 fully saturated rings. The molecule has 0 radical (unpaired) electrons. The molecular formula is C12H16N2O5. The number of nitrogens with one attached hydrogen (secondary N) is 1.